The molecule has 1 unspecified atom stereocenters. The van der Waals surface area contributed by atoms with Crippen LogP contribution in [-0.4, -0.2) is 22.4 Å². The van der Waals surface area contributed by atoms with Crippen LogP contribution in [0.25, 0.3) is 0 Å². The first kappa shape index (κ1) is 12.1. The molecule has 1 aliphatic rings. The molecule has 1 heterocycles. The molecule has 1 atom stereocenters. The highest BCUT2D eigenvalue weighted by Gasteiger charge is 2.21. The van der Waals surface area contributed by atoms with Crippen molar-refractivity contribution >= 4 is 15.9 Å². The zero-order valence-electron chi connectivity index (χ0n) is 10.3. The number of hydrogen-bond acceptors (Lipinski definition) is 2. The molecule has 2 rings (SSSR count). The first-order chi connectivity index (χ1) is 7.58. The van der Waals surface area contributed by atoms with Crippen LogP contribution in [0.5, 0.6) is 0 Å². The molecular weight excluding hydrogens is 266 g/mol. The van der Waals surface area contributed by atoms with Gasteiger partial charge in [-0.1, -0.05) is 6.92 Å². The molecule has 1 N–H and O–H groups in total. The molecule has 16 heavy (non-hydrogen) atoms. The molecule has 0 aliphatic heterocycles. The highest BCUT2D eigenvalue weighted by Crippen LogP contribution is 2.23. The van der Waals surface area contributed by atoms with Gasteiger partial charge in [0.2, 0.25) is 0 Å². The van der Waals surface area contributed by atoms with E-state index >= 15 is 0 Å². The lowest BCUT2D eigenvalue weighted by molar-refractivity contribution is 0.493. The smallest absolute Gasteiger partial charge is 0.0738 e. The summed E-state index contributed by atoms with van der Waals surface area (Å²) in [7, 11) is 2.02. The molecule has 0 amide bonds. The van der Waals surface area contributed by atoms with Crippen LogP contribution in [0.15, 0.2) is 4.47 Å². The highest BCUT2D eigenvalue weighted by atomic mass is 79.9. The molecule has 3 nitrogen and oxygen atoms in total. The Morgan fingerprint density at radius 2 is 2.25 bits per heavy atom. The van der Waals surface area contributed by atoms with Gasteiger partial charge in [-0.3, -0.25) is 4.68 Å². The second kappa shape index (κ2) is 4.88. The summed E-state index contributed by atoms with van der Waals surface area (Å²) in [6.45, 7) is 5.45. The van der Waals surface area contributed by atoms with Crippen LogP contribution in [-0.2, 0) is 13.5 Å². The predicted molar refractivity (Wildman–Crippen MR) is 69.5 cm³/mol. The molecule has 0 radical (unpaired) electrons. The van der Waals surface area contributed by atoms with E-state index in [1.54, 1.807) is 0 Å². The summed E-state index contributed by atoms with van der Waals surface area (Å²) in [5, 5.41) is 8.00. The van der Waals surface area contributed by atoms with Gasteiger partial charge >= 0.3 is 0 Å². The zero-order chi connectivity index (χ0) is 11.7. The normalized spacial score (nSPS) is 17.8. The molecule has 1 saturated carbocycles. The highest BCUT2D eigenvalue weighted by molar-refractivity contribution is 9.10. The van der Waals surface area contributed by atoms with Crippen molar-refractivity contribution in [3.05, 3.63) is 15.9 Å². The molecule has 1 aromatic rings. The summed E-state index contributed by atoms with van der Waals surface area (Å²) in [5.74, 6) is 0.659. The van der Waals surface area contributed by atoms with Crippen molar-refractivity contribution in [2.45, 2.75) is 39.2 Å². The van der Waals surface area contributed by atoms with Crippen LogP contribution >= 0.6 is 15.9 Å². The van der Waals surface area contributed by atoms with E-state index < -0.39 is 0 Å². The van der Waals surface area contributed by atoms with Gasteiger partial charge in [0.05, 0.1) is 15.9 Å². The minimum absolute atomic E-state index is 0.659. The van der Waals surface area contributed by atoms with Gasteiger partial charge in [0.15, 0.2) is 0 Å². The number of nitrogens with one attached hydrogen (secondary N) is 1. The van der Waals surface area contributed by atoms with Gasteiger partial charge in [-0.15, -0.1) is 0 Å². The van der Waals surface area contributed by atoms with E-state index in [0.717, 1.165) is 24.7 Å². The average Bonchev–Trinajstić information content (AvgIpc) is 3.01. The quantitative estimate of drug-likeness (QED) is 0.901. The van der Waals surface area contributed by atoms with Crippen LogP contribution in [0.1, 0.15) is 31.2 Å². The van der Waals surface area contributed by atoms with Gasteiger partial charge in [-0.25, -0.2) is 0 Å². The molecule has 90 valence electrons. The summed E-state index contributed by atoms with van der Waals surface area (Å²) in [6, 6.07) is 0.805. The second-order valence-electron chi connectivity index (χ2n) is 4.96. The zero-order valence-corrected chi connectivity index (χ0v) is 11.8. The fraction of sp³-hybridized carbons (Fsp3) is 0.750. The van der Waals surface area contributed by atoms with E-state index in [4.69, 9.17) is 0 Å². The molecule has 4 heteroatoms. The van der Waals surface area contributed by atoms with Gasteiger partial charge in [-0.05, 0) is 54.6 Å². The predicted octanol–water partition coefficient (Wildman–Crippen LogP) is 2.42. The Kier molecular flexibility index (Phi) is 3.70. The van der Waals surface area contributed by atoms with Gasteiger partial charge in [0, 0.05) is 13.1 Å². The minimum Gasteiger partial charge on any atom is -0.314 e. The lowest BCUT2D eigenvalue weighted by Gasteiger charge is -2.12. The van der Waals surface area contributed by atoms with E-state index in [-0.39, 0.29) is 0 Å². The number of hydrogen-bond donors (Lipinski definition) is 1. The molecule has 1 fully saturated rings. The van der Waals surface area contributed by atoms with Gasteiger partial charge in [0.1, 0.15) is 0 Å². The Hall–Kier alpha value is -0.350. The number of nitrogens with zero attached hydrogens (tertiary/aromatic N) is 2. The van der Waals surface area contributed by atoms with Gasteiger partial charge < -0.3 is 5.32 Å². The van der Waals surface area contributed by atoms with Crippen molar-refractivity contribution in [3.8, 4) is 0 Å². The van der Waals surface area contributed by atoms with E-state index in [0.29, 0.717) is 5.92 Å². The van der Waals surface area contributed by atoms with Crippen molar-refractivity contribution in [1.29, 1.82) is 0 Å². The third-order valence-corrected chi connectivity index (χ3v) is 4.17. The molecule has 1 aromatic heterocycles. The maximum absolute atomic E-state index is 4.42. The summed E-state index contributed by atoms with van der Waals surface area (Å²) in [6.07, 6.45) is 3.81. The van der Waals surface area contributed by atoms with Gasteiger partial charge in [-0.2, -0.15) is 5.10 Å². The molecule has 0 bridgehead atoms. The summed E-state index contributed by atoms with van der Waals surface area (Å²) >= 11 is 3.62. The molecule has 0 aromatic carbocycles. The molecule has 1 aliphatic carbocycles. The fourth-order valence-corrected chi connectivity index (χ4v) is 2.46. The van der Waals surface area contributed by atoms with E-state index in [9.17, 15) is 0 Å². The Morgan fingerprint density at radius 1 is 1.56 bits per heavy atom. The standard InChI is InChI=1S/C12H20BrN3/c1-8(7-14-10-4-5-10)6-11-12(13)9(2)15-16(11)3/h8,10,14H,4-7H2,1-3H3. The van der Waals surface area contributed by atoms with E-state index in [2.05, 4.69) is 33.3 Å². The maximum atomic E-state index is 4.42. The first-order valence-corrected chi connectivity index (χ1v) is 6.78. The van der Waals surface area contributed by atoms with Gasteiger partial charge in [0.25, 0.3) is 0 Å². The number of rotatable bonds is 5. The van der Waals surface area contributed by atoms with Crippen LogP contribution < -0.4 is 5.32 Å². The van der Waals surface area contributed by atoms with Crippen molar-refractivity contribution in [2.24, 2.45) is 13.0 Å². The Labute approximate surface area is 106 Å². The van der Waals surface area contributed by atoms with Crippen molar-refractivity contribution in [2.75, 3.05) is 6.54 Å². The topological polar surface area (TPSA) is 29.9 Å². The number of aryl methyl sites for hydroxylation is 2. The van der Waals surface area contributed by atoms with Crippen molar-refractivity contribution in [3.63, 3.8) is 0 Å². The third kappa shape index (κ3) is 2.86. The van der Waals surface area contributed by atoms with Crippen LogP contribution in [0.2, 0.25) is 0 Å². The Balaban J connectivity index is 1.91. The van der Waals surface area contributed by atoms with E-state index in [1.165, 1.54) is 23.0 Å². The minimum atomic E-state index is 0.659. The van der Waals surface area contributed by atoms with Crippen molar-refractivity contribution in [1.82, 2.24) is 15.1 Å². The summed E-state index contributed by atoms with van der Waals surface area (Å²) in [5.41, 5.74) is 2.39. The fourth-order valence-electron chi connectivity index (χ4n) is 1.96. The number of halogens is 1. The summed E-state index contributed by atoms with van der Waals surface area (Å²) < 4.78 is 3.17. The first-order valence-electron chi connectivity index (χ1n) is 5.99. The SMILES string of the molecule is Cc1nn(C)c(CC(C)CNC2CC2)c1Br. The lowest BCUT2D eigenvalue weighted by Crippen LogP contribution is -2.24. The second-order valence-corrected chi connectivity index (χ2v) is 5.75. The summed E-state index contributed by atoms with van der Waals surface area (Å²) in [4.78, 5) is 0. The maximum Gasteiger partial charge on any atom is 0.0738 e. The van der Waals surface area contributed by atoms with Crippen LogP contribution in [0.4, 0.5) is 0 Å². The molecular formula is C12H20BrN3. The average molecular weight is 286 g/mol. The monoisotopic (exact) mass is 285 g/mol. The van der Waals surface area contributed by atoms with Crippen LogP contribution in [0, 0.1) is 12.8 Å². The largest absolute Gasteiger partial charge is 0.314 e. The number of aromatic nitrogens is 2. The third-order valence-electron chi connectivity index (χ3n) is 3.14. The Bertz CT molecular complexity index is 369. The molecule has 0 spiro atoms. The lowest BCUT2D eigenvalue weighted by atomic mass is 10.1. The Morgan fingerprint density at radius 3 is 2.75 bits per heavy atom. The van der Waals surface area contributed by atoms with E-state index in [1.807, 2.05) is 18.7 Å². The van der Waals surface area contributed by atoms with Crippen LogP contribution in [0.3, 0.4) is 0 Å². The molecule has 0 saturated heterocycles. The van der Waals surface area contributed by atoms with Crippen molar-refractivity contribution < 1.29 is 0 Å².